The number of nitrogens with one attached hydrogen (secondary N) is 1. The van der Waals surface area contributed by atoms with Crippen LogP contribution in [0, 0.1) is 5.82 Å². The van der Waals surface area contributed by atoms with Gasteiger partial charge in [0, 0.05) is 12.2 Å². The molecular weight excluding hydrogens is 299 g/mol. The lowest BCUT2D eigenvalue weighted by Crippen LogP contribution is -2.51. The smallest absolute Gasteiger partial charge is 0.410 e. The van der Waals surface area contributed by atoms with Gasteiger partial charge in [0.25, 0.3) is 0 Å². The van der Waals surface area contributed by atoms with Gasteiger partial charge in [0.1, 0.15) is 17.5 Å². The molecule has 0 saturated carbocycles. The first-order valence-corrected chi connectivity index (χ1v) is 7.82. The summed E-state index contributed by atoms with van der Waals surface area (Å²) in [6, 6.07) is 5.10. The summed E-state index contributed by atoms with van der Waals surface area (Å²) in [7, 11) is 0. The summed E-state index contributed by atoms with van der Waals surface area (Å²) in [6.45, 7) is 5.85. The van der Waals surface area contributed by atoms with Gasteiger partial charge in [-0.1, -0.05) is 6.07 Å². The number of carbonyl (C=O) groups is 2. The van der Waals surface area contributed by atoms with E-state index in [-0.39, 0.29) is 5.91 Å². The number of rotatable bonds is 2. The van der Waals surface area contributed by atoms with E-state index in [1.165, 1.54) is 23.1 Å². The zero-order chi connectivity index (χ0) is 17.0. The highest BCUT2D eigenvalue weighted by molar-refractivity contribution is 5.96. The normalized spacial score (nSPS) is 18.4. The molecule has 1 N–H and O–H groups in total. The molecule has 1 atom stereocenters. The van der Waals surface area contributed by atoms with Gasteiger partial charge in [-0.05, 0) is 58.2 Å². The summed E-state index contributed by atoms with van der Waals surface area (Å²) >= 11 is 0. The Morgan fingerprint density at radius 2 is 2.04 bits per heavy atom. The molecule has 0 aromatic heterocycles. The minimum Gasteiger partial charge on any atom is -0.444 e. The van der Waals surface area contributed by atoms with Gasteiger partial charge in [-0.15, -0.1) is 0 Å². The molecule has 1 unspecified atom stereocenters. The fraction of sp³-hybridized carbons (Fsp3) is 0.529. The van der Waals surface area contributed by atoms with E-state index in [0.717, 1.165) is 12.8 Å². The maximum Gasteiger partial charge on any atom is 0.410 e. The predicted octanol–water partition coefficient (Wildman–Crippen LogP) is 3.55. The van der Waals surface area contributed by atoms with Crippen LogP contribution >= 0.6 is 0 Å². The first-order chi connectivity index (χ1) is 10.8. The quantitative estimate of drug-likeness (QED) is 0.906. The number of carbonyl (C=O) groups excluding carboxylic acids is 2. The zero-order valence-electron chi connectivity index (χ0n) is 13.8. The van der Waals surface area contributed by atoms with Crippen molar-refractivity contribution in [1.29, 1.82) is 0 Å². The molecule has 1 aromatic carbocycles. The fourth-order valence-corrected chi connectivity index (χ4v) is 2.54. The fourth-order valence-electron chi connectivity index (χ4n) is 2.54. The molecule has 1 aliphatic rings. The van der Waals surface area contributed by atoms with Gasteiger partial charge >= 0.3 is 6.09 Å². The van der Waals surface area contributed by atoms with Crippen LogP contribution in [0.2, 0.25) is 0 Å². The lowest BCUT2D eigenvalue weighted by molar-refractivity contribution is -0.122. The number of piperidine rings is 1. The van der Waals surface area contributed by atoms with Gasteiger partial charge in [-0.2, -0.15) is 0 Å². The summed E-state index contributed by atoms with van der Waals surface area (Å²) in [5.74, 6) is -0.739. The van der Waals surface area contributed by atoms with Crippen molar-refractivity contribution in [3.05, 3.63) is 30.1 Å². The van der Waals surface area contributed by atoms with Crippen molar-refractivity contribution in [2.45, 2.75) is 51.7 Å². The monoisotopic (exact) mass is 322 g/mol. The van der Waals surface area contributed by atoms with Crippen molar-refractivity contribution < 1.29 is 18.7 Å². The third-order valence-corrected chi connectivity index (χ3v) is 3.53. The number of ether oxygens (including phenoxy) is 1. The van der Waals surface area contributed by atoms with Crippen LogP contribution in [0.4, 0.5) is 14.9 Å². The molecule has 1 aromatic rings. The molecule has 1 heterocycles. The molecule has 2 amide bonds. The van der Waals surface area contributed by atoms with Gasteiger partial charge in [0.15, 0.2) is 0 Å². The van der Waals surface area contributed by atoms with Crippen LogP contribution in [0.5, 0.6) is 0 Å². The molecule has 2 rings (SSSR count). The molecule has 6 heteroatoms. The number of nitrogens with zero attached hydrogens (tertiary/aromatic N) is 1. The summed E-state index contributed by atoms with van der Waals surface area (Å²) in [5.41, 5.74) is -0.234. The van der Waals surface area contributed by atoms with Gasteiger partial charge < -0.3 is 10.1 Å². The molecule has 0 radical (unpaired) electrons. The Kier molecular flexibility index (Phi) is 5.23. The molecule has 126 valence electrons. The SMILES string of the molecule is CC(C)(C)OC(=O)N1CCCCC1C(=O)Nc1cccc(F)c1. The summed E-state index contributed by atoms with van der Waals surface area (Å²) in [6.07, 6.45) is 1.78. The Labute approximate surface area is 135 Å². The van der Waals surface area contributed by atoms with Crippen LogP contribution in [-0.2, 0) is 9.53 Å². The number of likely N-dealkylation sites (tertiary alicyclic amines) is 1. The molecular formula is C17H23FN2O3. The van der Waals surface area contributed by atoms with E-state index in [9.17, 15) is 14.0 Å². The number of benzene rings is 1. The number of halogens is 1. The summed E-state index contributed by atoms with van der Waals surface area (Å²) < 4.78 is 18.6. The topological polar surface area (TPSA) is 58.6 Å². The first-order valence-electron chi connectivity index (χ1n) is 7.82. The zero-order valence-corrected chi connectivity index (χ0v) is 13.8. The number of hydrogen-bond acceptors (Lipinski definition) is 3. The summed E-state index contributed by atoms with van der Waals surface area (Å²) in [5, 5.41) is 2.67. The molecule has 0 bridgehead atoms. The minimum absolute atomic E-state index is 0.318. The van der Waals surface area contributed by atoms with Crippen molar-refractivity contribution in [2.24, 2.45) is 0 Å². The van der Waals surface area contributed by atoms with E-state index in [1.54, 1.807) is 26.8 Å². The van der Waals surface area contributed by atoms with E-state index in [1.807, 2.05) is 0 Å². The van der Waals surface area contributed by atoms with Gasteiger partial charge in [-0.25, -0.2) is 9.18 Å². The second-order valence-corrected chi connectivity index (χ2v) is 6.68. The number of anilines is 1. The largest absolute Gasteiger partial charge is 0.444 e. The third kappa shape index (κ3) is 4.94. The van der Waals surface area contributed by atoms with Crippen molar-refractivity contribution >= 4 is 17.7 Å². The molecule has 23 heavy (non-hydrogen) atoms. The lowest BCUT2D eigenvalue weighted by Gasteiger charge is -2.35. The Balaban J connectivity index is 2.08. The molecule has 1 fully saturated rings. The van der Waals surface area contributed by atoms with Crippen molar-refractivity contribution in [2.75, 3.05) is 11.9 Å². The molecule has 0 aliphatic carbocycles. The highest BCUT2D eigenvalue weighted by Gasteiger charge is 2.34. The van der Waals surface area contributed by atoms with E-state index < -0.39 is 23.6 Å². The van der Waals surface area contributed by atoms with Gasteiger partial charge in [0.05, 0.1) is 0 Å². The Hall–Kier alpha value is -2.11. The van der Waals surface area contributed by atoms with Crippen molar-refractivity contribution in [1.82, 2.24) is 4.90 Å². The van der Waals surface area contributed by atoms with Crippen LogP contribution in [0.25, 0.3) is 0 Å². The maximum atomic E-state index is 13.2. The Bertz CT molecular complexity index is 583. The predicted molar refractivity (Wildman–Crippen MR) is 85.6 cm³/mol. The lowest BCUT2D eigenvalue weighted by atomic mass is 10.0. The van der Waals surface area contributed by atoms with Gasteiger partial charge in [-0.3, -0.25) is 9.69 Å². The molecule has 1 aliphatic heterocycles. The van der Waals surface area contributed by atoms with Crippen LogP contribution in [0.3, 0.4) is 0 Å². The van der Waals surface area contributed by atoms with Crippen molar-refractivity contribution in [3.63, 3.8) is 0 Å². The average Bonchev–Trinajstić information content (AvgIpc) is 2.45. The highest BCUT2D eigenvalue weighted by Crippen LogP contribution is 2.22. The molecule has 5 nitrogen and oxygen atoms in total. The van der Waals surface area contributed by atoms with E-state index >= 15 is 0 Å². The summed E-state index contributed by atoms with van der Waals surface area (Å²) in [4.78, 5) is 26.2. The second-order valence-electron chi connectivity index (χ2n) is 6.68. The third-order valence-electron chi connectivity index (χ3n) is 3.53. The molecule has 1 saturated heterocycles. The van der Waals surface area contributed by atoms with Gasteiger partial charge in [0.2, 0.25) is 5.91 Å². The average molecular weight is 322 g/mol. The highest BCUT2D eigenvalue weighted by atomic mass is 19.1. The second kappa shape index (κ2) is 6.98. The van der Waals surface area contributed by atoms with Crippen molar-refractivity contribution in [3.8, 4) is 0 Å². The molecule has 0 spiro atoms. The Morgan fingerprint density at radius 3 is 2.70 bits per heavy atom. The number of amides is 2. The van der Waals surface area contributed by atoms with Crippen LogP contribution in [-0.4, -0.2) is 35.1 Å². The van der Waals surface area contributed by atoms with Crippen LogP contribution in [0.1, 0.15) is 40.0 Å². The Morgan fingerprint density at radius 1 is 1.30 bits per heavy atom. The van der Waals surface area contributed by atoms with E-state index in [4.69, 9.17) is 4.74 Å². The first kappa shape index (κ1) is 17.2. The number of hydrogen-bond donors (Lipinski definition) is 1. The standard InChI is InChI=1S/C17H23FN2O3/c1-17(2,3)23-16(22)20-10-5-4-9-14(20)15(21)19-13-8-6-7-12(18)11-13/h6-8,11,14H,4-5,9-10H2,1-3H3,(H,19,21). The van der Waals surface area contributed by atoms with E-state index in [0.29, 0.717) is 18.7 Å². The van der Waals surface area contributed by atoms with E-state index in [2.05, 4.69) is 5.32 Å². The van der Waals surface area contributed by atoms with Crippen LogP contribution in [0.15, 0.2) is 24.3 Å². The maximum absolute atomic E-state index is 13.2. The van der Waals surface area contributed by atoms with Crippen LogP contribution < -0.4 is 5.32 Å². The minimum atomic E-state index is -0.613.